The lowest BCUT2D eigenvalue weighted by Crippen LogP contribution is -2.00. The molecule has 0 amide bonds. The molecule has 0 heterocycles. The molecule has 0 bridgehead atoms. The highest BCUT2D eigenvalue weighted by Gasteiger charge is 2.13. The van der Waals surface area contributed by atoms with Crippen LogP contribution < -0.4 is 5.73 Å². The Morgan fingerprint density at radius 2 is 2.05 bits per heavy atom. The van der Waals surface area contributed by atoms with Crippen molar-refractivity contribution >= 4 is 44.0 Å². The first-order valence-corrected chi connectivity index (χ1v) is 7.84. The van der Waals surface area contributed by atoms with Gasteiger partial charge in [-0.1, -0.05) is 23.7 Å². The maximum absolute atomic E-state index is 13.3. The fourth-order valence-electron chi connectivity index (χ4n) is 1.58. The van der Waals surface area contributed by atoms with Crippen LogP contribution in [0.2, 0.25) is 5.02 Å². The number of hydrogen-bond donors (Lipinski definition) is 1. The summed E-state index contributed by atoms with van der Waals surface area (Å²) >= 11 is 9.16. The number of nitrogen functional groups attached to an aromatic ring is 1. The van der Waals surface area contributed by atoms with Gasteiger partial charge in [-0.2, -0.15) is 0 Å². The fourth-order valence-corrected chi connectivity index (χ4v) is 3.97. The van der Waals surface area contributed by atoms with Gasteiger partial charge in [-0.3, -0.25) is 4.21 Å². The van der Waals surface area contributed by atoms with E-state index in [1.54, 1.807) is 30.3 Å². The van der Waals surface area contributed by atoms with E-state index in [4.69, 9.17) is 17.3 Å². The summed E-state index contributed by atoms with van der Waals surface area (Å²) in [5.41, 5.74) is 6.72. The molecule has 0 aliphatic rings. The van der Waals surface area contributed by atoms with Gasteiger partial charge in [0.15, 0.2) is 0 Å². The predicted octanol–water partition coefficient (Wildman–Crippen LogP) is 4.13. The van der Waals surface area contributed by atoms with Crippen molar-refractivity contribution in [2.45, 2.75) is 10.6 Å². The zero-order valence-electron chi connectivity index (χ0n) is 9.70. The molecule has 0 saturated carbocycles. The van der Waals surface area contributed by atoms with Crippen molar-refractivity contribution in [2.24, 2.45) is 0 Å². The van der Waals surface area contributed by atoms with Crippen LogP contribution in [0.1, 0.15) is 5.56 Å². The molecule has 19 heavy (non-hydrogen) atoms. The van der Waals surface area contributed by atoms with Gasteiger partial charge in [0, 0.05) is 10.2 Å². The monoisotopic (exact) mass is 361 g/mol. The van der Waals surface area contributed by atoms with Gasteiger partial charge in [0.25, 0.3) is 0 Å². The van der Waals surface area contributed by atoms with Crippen LogP contribution >= 0.6 is 27.5 Å². The molecule has 0 saturated heterocycles. The highest BCUT2D eigenvalue weighted by atomic mass is 79.9. The van der Waals surface area contributed by atoms with Crippen molar-refractivity contribution in [2.75, 3.05) is 5.73 Å². The van der Waals surface area contributed by atoms with Gasteiger partial charge >= 0.3 is 0 Å². The summed E-state index contributed by atoms with van der Waals surface area (Å²) in [7, 11) is -1.33. The Kier molecular flexibility index (Phi) is 4.60. The van der Waals surface area contributed by atoms with E-state index in [-0.39, 0.29) is 10.8 Å². The van der Waals surface area contributed by atoms with E-state index in [9.17, 15) is 8.60 Å². The first-order chi connectivity index (χ1) is 8.99. The number of hydrogen-bond acceptors (Lipinski definition) is 2. The van der Waals surface area contributed by atoms with Crippen molar-refractivity contribution in [3.8, 4) is 0 Å². The molecule has 2 nitrogen and oxygen atoms in total. The van der Waals surface area contributed by atoms with Gasteiger partial charge in [-0.25, -0.2) is 4.39 Å². The molecule has 0 spiro atoms. The number of benzene rings is 2. The Bertz CT molecular complexity index is 651. The summed E-state index contributed by atoms with van der Waals surface area (Å²) in [5, 5.41) is 0.0161. The van der Waals surface area contributed by atoms with Crippen molar-refractivity contribution in [3.05, 3.63) is 57.3 Å². The lowest BCUT2D eigenvalue weighted by atomic mass is 10.2. The van der Waals surface area contributed by atoms with E-state index < -0.39 is 16.6 Å². The van der Waals surface area contributed by atoms with Crippen LogP contribution in [0.4, 0.5) is 10.1 Å². The van der Waals surface area contributed by atoms with Gasteiger partial charge in [-0.05, 0) is 45.8 Å². The minimum atomic E-state index is -1.33. The summed E-state index contributed by atoms with van der Waals surface area (Å²) < 4.78 is 26.2. The minimum absolute atomic E-state index is 0.0161. The summed E-state index contributed by atoms with van der Waals surface area (Å²) in [6, 6.07) is 9.52. The second kappa shape index (κ2) is 6.03. The lowest BCUT2D eigenvalue weighted by molar-refractivity contribution is 0.626. The van der Waals surface area contributed by atoms with Crippen LogP contribution in [0.15, 0.2) is 45.8 Å². The van der Waals surface area contributed by atoms with Crippen LogP contribution in [-0.2, 0) is 16.6 Å². The third kappa shape index (κ3) is 3.35. The van der Waals surface area contributed by atoms with Crippen molar-refractivity contribution < 1.29 is 8.60 Å². The molecule has 1 atom stereocenters. The third-order valence-corrected chi connectivity index (χ3v) is 5.28. The van der Waals surface area contributed by atoms with Gasteiger partial charge in [-0.15, -0.1) is 0 Å². The van der Waals surface area contributed by atoms with Crippen LogP contribution in [0, 0.1) is 5.82 Å². The SMILES string of the molecule is Nc1ccc(S(=O)Cc2cccc(F)c2Cl)c(Br)c1. The molecule has 0 aromatic heterocycles. The molecular weight excluding hydrogens is 353 g/mol. The van der Waals surface area contributed by atoms with Gasteiger partial charge < -0.3 is 5.73 Å². The van der Waals surface area contributed by atoms with Crippen LogP contribution in [0.3, 0.4) is 0 Å². The minimum Gasteiger partial charge on any atom is -0.399 e. The highest BCUT2D eigenvalue weighted by Crippen LogP contribution is 2.27. The molecule has 2 rings (SSSR count). The maximum atomic E-state index is 13.3. The topological polar surface area (TPSA) is 43.1 Å². The van der Waals surface area contributed by atoms with Crippen molar-refractivity contribution in [1.29, 1.82) is 0 Å². The van der Waals surface area contributed by atoms with Crippen molar-refractivity contribution in [3.63, 3.8) is 0 Å². The van der Waals surface area contributed by atoms with E-state index in [0.29, 0.717) is 20.6 Å². The van der Waals surface area contributed by atoms with Gasteiger partial charge in [0.05, 0.1) is 26.5 Å². The van der Waals surface area contributed by atoms with Crippen molar-refractivity contribution in [1.82, 2.24) is 0 Å². The zero-order valence-corrected chi connectivity index (χ0v) is 12.9. The second-order valence-corrected chi connectivity index (χ2v) is 6.54. The normalized spacial score (nSPS) is 12.4. The Morgan fingerprint density at radius 3 is 2.74 bits per heavy atom. The Labute approximate surface area is 126 Å². The van der Waals surface area contributed by atoms with Crippen LogP contribution in [0.5, 0.6) is 0 Å². The van der Waals surface area contributed by atoms with Crippen LogP contribution in [0.25, 0.3) is 0 Å². The number of rotatable bonds is 3. The Morgan fingerprint density at radius 1 is 1.32 bits per heavy atom. The standard InChI is InChI=1S/C13H10BrClFNOS/c14-10-6-9(17)4-5-12(10)19(18)7-8-2-1-3-11(16)13(8)15/h1-6H,7,17H2. The number of anilines is 1. The zero-order chi connectivity index (χ0) is 14.0. The van der Waals surface area contributed by atoms with E-state index in [0.717, 1.165) is 0 Å². The summed E-state index contributed by atoms with van der Waals surface area (Å²) in [4.78, 5) is 0.606. The molecule has 0 aliphatic carbocycles. The molecule has 6 heteroatoms. The van der Waals surface area contributed by atoms with E-state index in [1.807, 2.05) is 0 Å². The fraction of sp³-hybridized carbons (Fsp3) is 0.0769. The summed E-state index contributed by atoms with van der Waals surface area (Å²) in [6.45, 7) is 0. The number of halogens is 3. The molecular formula is C13H10BrClFNOS. The highest BCUT2D eigenvalue weighted by molar-refractivity contribution is 9.10. The lowest BCUT2D eigenvalue weighted by Gasteiger charge is -2.07. The molecule has 0 aliphatic heterocycles. The van der Waals surface area contributed by atoms with Gasteiger partial charge in [0.1, 0.15) is 5.82 Å². The molecule has 2 aromatic carbocycles. The molecule has 0 fully saturated rings. The molecule has 100 valence electrons. The first kappa shape index (κ1) is 14.5. The maximum Gasteiger partial charge on any atom is 0.142 e. The number of nitrogens with two attached hydrogens (primary N) is 1. The summed E-state index contributed by atoms with van der Waals surface area (Å²) in [6.07, 6.45) is 0. The second-order valence-electron chi connectivity index (χ2n) is 3.89. The first-order valence-electron chi connectivity index (χ1n) is 5.35. The van der Waals surface area contributed by atoms with Crippen LogP contribution in [-0.4, -0.2) is 4.21 Å². The van der Waals surface area contributed by atoms with E-state index >= 15 is 0 Å². The third-order valence-electron chi connectivity index (χ3n) is 2.52. The molecule has 0 radical (unpaired) electrons. The molecule has 2 N–H and O–H groups in total. The van der Waals surface area contributed by atoms with Gasteiger partial charge in [0.2, 0.25) is 0 Å². The predicted molar refractivity (Wildman–Crippen MR) is 80.1 cm³/mol. The van der Waals surface area contributed by atoms with E-state index in [2.05, 4.69) is 15.9 Å². The average molecular weight is 363 g/mol. The molecule has 1 unspecified atom stereocenters. The Hall–Kier alpha value is -0.910. The average Bonchev–Trinajstić information content (AvgIpc) is 2.34. The van der Waals surface area contributed by atoms with E-state index in [1.165, 1.54) is 6.07 Å². The summed E-state index contributed by atoms with van der Waals surface area (Å²) in [5.74, 6) is -0.355. The Balaban J connectivity index is 2.28. The largest absolute Gasteiger partial charge is 0.399 e. The quantitative estimate of drug-likeness (QED) is 0.834. The molecule has 2 aromatic rings. The smallest absolute Gasteiger partial charge is 0.142 e.